The van der Waals surface area contributed by atoms with E-state index in [0.29, 0.717) is 63.8 Å². The highest BCUT2D eigenvalue weighted by molar-refractivity contribution is 5.70. The number of esters is 2. The highest BCUT2D eigenvalue weighted by Gasteiger charge is 2.14. The molecule has 0 saturated heterocycles. The monoisotopic (exact) mass is 684 g/mol. The summed E-state index contributed by atoms with van der Waals surface area (Å²) in [6.07, 6.45) is 6.38. The lowest BCUT2D eigenvalue weighted by molar-refractivity contribution is -0.144. The molecule has 0 unspecified atom stereocenters. The Morgan fingerprint density at radius 3 is 2.06 bits per heavy atom. The lowest BCUT2D eigenvalue weighted by Crippen LogP contribution is -2.10. The molecule has 0 aliphatic heterocycles. The normalized spacial score (nSPS) is 10.8. The van der Waals surface area contributed by atoms with Crippen LogP contribution in [0.1, 0.15) is 75.5 Å². The summed E-state index contributed by atoms with van der Waals surface area (Å²) in [6, 6.07) is 28.2. The molecule has 0 amide bonds. The maximum atomic E-state index is 14.0. The fourth-order valence-electron chi connectivity index (χ4n) is 5.63. The van der Waals surface area contributed by atoms with Crippen LogP contribution in [0.2, 0.25) is 0 Å². The molecule has 0 aliphatic carbocycles. The van der Waals surface area contributed by atoms with Crippen LogP contribution in [-0.2, 0) is 38.5 Å². The zero-order valence-corrected chi connectivity index (χ0v) is 29.3. The molecule has 0 spiro atoms. The Morgan fingerprint density at radius 1 is 0.600 bits per heavy atom. The molecular formula is C42H49FO7. The average molecular weight is 685 g/mol. The minimum Gasteiger partial charge on any atom is -0.493 e. The number of hydrogen-bond donors (Lipinski definition) is 0. The van der Waals surface area contributed by atoms with E-state index in [9.17, 15) is 14.0 Å². The van der Waals surface area contributed by atoms with Gasteiger partial charge in [0.2, 0.25) is 0 Å². The van der Waals surface area contributed by atoms with E-state index in [0.717, 1.165) is 65.7 Å². The zero-order chi connectivity index (χ0) is 35.4. The van der Waals surface area contributed by atoms with Crippen molar-refractivity contribution < 1.29 is 37.7 Å². The number of carbonyl (C=O) groups is 2. The lowest BCUT2D eigenvalue weighted by atomic mass is 9.96. The topological polar surface area (TPSA) is 80.3 Å². The van der Waals surface area contributed by atoms with E-state index in [1.807, 2.05) is 66.7 Å². The molecule has 266 valence electrons. The van der Waals surface area contributed by atoms with Gasteiger partial charge in [0.15, 0.2) is 0 Å². The zero-order valence-electron chi connectivity index (χ0n) is 29.3. The number of rotatable bonds is 22. The quantitative estimate of drug-likeness (QED) is 0.0603. The van der Waals surface area contributed by atoms with E-state index in [4.69, 9.17) is 23.7 Å². The molecule has 0 atom stereocenters. The van der Waals surface area contributed by atoms with Gasteiger partial charge in [-0.1, -0.05) is 67.4 Å². The predicted molar refractivity (Wildman–Crippen MR) is 193 cm³/mol. The van der Waals surface area contributed by atoms with E-state index in [2.05, 4.69) is 6.07 Å². The molecule has 0 aliphatic rings. The third kappa shape index (κ3) is 13.2. The first-order valence-electron chi connectivity index (χ1n) is 17.7. The Hall–Kier alpha value is -4.85. The van der Waals surface area contributed by atoms with Gasteiger partial charge < -0.3 is 23.7 Å². The number of halogens is 1. The Balaban J connectivity index is 1.29. The Kier molecular flexibility index (Phi) is 16.2. The van der Waals surface area contributed by atoms with Crippen LogP contribution in [0.3, 0.4) is 0 Å². The van der Waals surface area contributed by atoms with Gasteiger partial charge in [0.05, 0.1) is 26.4 Å². The van der Waals surface area contributed by atoms with Gasteiger partial charge in [-0.3, -0.25) is 9.59 Å². The van der Waals surface area contributed by atoms with Crippen molar-refractivity contribution in [3.8, 4) is 28.4 Å². The minimum absolute atomic E-state index is 0.229. The fraction of sp³-hybridized carbons (Fsp3) is 0.381. The second kappa shape index (κ2) is 21.3. The SMILES string of the molecule is CCOC(=O)CCCOc1cccc(CCCCCCOc2cc(OCc3ccccc3)cc(-c3cccc(F)c3)c2)c1CCC(=O)OCC. The Labute approximate surface area is 295 Å². The first-order valence-corrected chi connectivity index (χ1v) is 17.7. The summed E-state index contributed by atoms with van der Waals surface area (Å²) in [4.78, 5) is 23.9. The van der Waals surface area contributed by atoms with Gasteiger partial charge >= 0.3 is 11.9 Å². The molecule has 8 heteroatoms. The lowest BCUT2D eigenvalue weighted by Gasteiger charge is -2.16. The molecule has 7 nitrogen and oxygen atoms in total. The fourth-order valence-corrected chi connectivity index (χ4v) is 5.63. The maximum absolute atomic E-state index is 14.0. The molecule has 4 aromatic rings. The van der Waals surface area contributed by atoms with Crippen LogP contribution >= 0.6 is 0 Å². The summed E-state index contributed by atoms with van der Waals surface area (Å²) in [7, 11) is 0. The van der Waals surface area contributed by atoms with E-state index >= 15 is 0 Å². The van der Waals surface area contributed by atoms with Crippen LogP contribution < -0.4 is 14.2 Å². The largest absolute Gasteiger partial charge is 0.493 e. The first-order chi connectivity index (χ1) is 24.4. The molecule has 0 saturated carbocycles. The second-order valence-corrected chi connectivity index (χ2v) is 11.9. The van der Waals surface area contributed by atoms with Crippen molar-refractivity contribution in [2.75, 3.05) is 26.4 Å². The second-order valence-electron chi connectivity index (χ2n) is 11.9. The smallest absolute Gasteiger partial charge is 0.306 e. The summed E-state index contributed by atoms with van der Waals surface area (Å²) in [5, 5.41) is 0. The third-order valence-electron chi connectivity index (χ3n) is 8.10. The summed E-state index contributed by atoms with van der Waals surface area (Å²) < 4.78 is 42.6. The number of hydrogen-bond acceptors (Lipinski definition) is 7. The number of aryl methyl sites for hydroxylation is 1. The van der Waals surface area contributed by atoms with Crippen LogP contribution in [-0.4, -0.2) is 38.4 Å². The van der Waals surface area contributed by atoms with Gasteiger partial charge in [-0.2, -0.15) is 0 Å². The van der Waals surface area contributed by atoms with Gasteiger partial charge in [-0.15, -0.1) is 0 Å². The predicted octanol–water partition coefficient (Wildman–Crippen LogP) is 9.47. The van der Waals surface area contributed by atoms with E-state index in [1.54, 1.807) is 19.9 Å². The van der Waals surface area contributed by atoms with Crippen molar-refractivity contribution in [3.63, 3.8) is 0 Å². The van der Waals surface area contributed by atoms with E-state index in [-0.39, 0.29) is 24.2 Å². The third-order valence-corrected chi connectivity index (χ3v) is 8.10. The molecule has 0 aromatic heterocycles. The molecule has 0 N–H and O–H groups in total. The van der Waals surface area contributed by atoms with Crippen LogP contribution in [0.5, 0.6) is 17.2 Å². The van der Waals surface area contributed by atoms with Gasteiger partial charge in [-0.25, -0.2) is 4.39 Å². The van der Waals surface area contributed by atoms with Crippen LogP contribution in [0.25, 0.3) is 11.1 Å². The molecule has 4 aromatic carbocycles. The van der Waals surface area contributed by atoms with E-state index in [1.165, 1.54) is 12.1 Å². The van der Waals surface area contributed by atoms with Crippen molar-refractivity contribution in [1.29, 1.82) is 0 Å². The number of unbranched alkanes of at least 4 members (excludes halogenated alkanes) is 3. The van der Waals surface area contributed by atoms with Crippen molar-refractivity contribution in [1.82, 2.24) is 0 Å². The van der Waals surface area contributed by atoms with Crippen LogP contribution in [0.4, 0.5) is 4.39 Å². The number of ether oxygens (including phenoxy) is 5. The number of carbonyl (C=O) groups excluding carboxylic acids is 2. The highest BCUT2D eigenvalue weighted by atomic mass is 19.1. The summed E-state index contributed by atoms with van der Waals surface area (Å²) in [5.74, 6) is 1.34. The summed E-state index contributed by atoms with van der Waals surface area (Å²) in [6.45, 7) is 5.66. The Bertz CT molecular complexity index is 1620. The molecule has 50 heavy (non-hydrogen) atoms. The van der Waals surface area contributed by atoms with Crippen LogP contribution in [0.15, 0.2) is 91.0 Å². The van der Waals surface area contributed by atoms with Crippen molar-refractivity contribution >= 4 is 11.9 Å². The van der Waals surface area contributed by atoms with Crippen LogP contribution in [0, 0.1) is 5.82 Å². The molecule has 0 bridgehead atoms. The van der Waals surface area contributed by atoms with Crippen molar-refractivity contribution in [2.45, 2.75) is 78.2 Å². The van der Waals surface area contributed by atoms with E-state index < -0.39 is 0 Å². The first kappa shape index (κ1) is 38.0. The van der Waals surface area contributed by atoms with Crippen molar-refractivity contribution in [2.24, 2.45) is 0 Å². The minimum atomic E-state index is -0.294. The van der Waals surface area contributed by atoms with Gasteiger partial charge in [0, 0.05) is 18.9 Å². The van der Waals surface area contributed by atoms with Gasteiger partial charge in [0.25, 0.3) is 0 Å². The number of benzene rings is 4. The molecular weight excluding hydrogens is 635 g/mol. The summed E-state index contributed by atoms with van der Waals surface area (Å²) in [5.41, 5.74) is 4.82. The standard InChI is InChI=1S/C42H49FO7/c1-3-46-41(44)22-14-26-49-40-21-13-18-33(39(40)23-24-42(45)47-4-2)17-10-5-6-11-25-48-37-28-35(34-19-12-20-36(43)27-34)29-38(30-37)50-31-32-15-8-7-9-16-32/h7-9,12-13,15-16,18-21,27-30H,3-6,10-11,14,17,22-26,31H2,1-2H3. The average Bonchev–Trinajstić information content (AvgIpc) is 3.12. The Morgan fingerprint density at radius 2 is 1.30 bits per heavy atom. The van der Waals surface area contributed by atoms with Crippen molar-refractivity contribution in [3.05, 3.63) is 114 Å². The molecule has 4 rings (SSSR count). The summed E-state index contributed by atoms with van der Waals surface area (Å²) >= 11 is 0. The maximum Gasteiger partial charge on any atom is 0.306 e. The molecule has 0 radical (unpaired) electrons. The highest BCUT2D eigenvalue weighted by Crippen LogP contribution is 2.31. The molecule has 0 fully saturated rings. The molecule has 0 heterocycles. The van der Waals surface area contributed by atoms with Gasteiger partial charge in [0.1, 0.15) is 29.7 Å². The van der Waals surface area contributed by atoms with Gasteiger partial charge in [-0.05, 0) is 104 Å².